The minimum atomic E-state index is -0.701. The lowest BCUT2D eigenvalue weighted by atomic mass is 9.76. The predicted octanol–water partition coefficient (Wildman–Crippen LogP) is 4.71. The second kappa shape index (κ2) is 9.53. The monoisotopic (exact) mass is 488 g/mol. The van der Waals surface area contributed by atoms with E-state index in [1.807, 2.05) is 0 Å². The van der Waals surface area contributed by atoms with Crippen LogP contribution in [0.25, 0.3) is 0 Å². The van der Waals surface area contributed by atoms with Crippen LogP contribution in [0.4, 0.5) is 11.4 Å². The van der Waals surface area contributed by atoms with Gasteiger partial charge in [-0.2, -0.15) is 0 Å². The van der Waals surface area contributed by atoms with Crippen LogP contribution in [0, 0.1) is 17.8 Å². The molecule has 0 bridgehead atoms. The number of hydrogen-bond donors (Lipinski definition) is 1. The molecule has 9 heteroatoms. The highest BCUT2D eigenvalue weighted by Gasteiger charge is 2.49. The molecule has 2 aromatic carbocycles. The number of hydrogen-bond acceptors (Lipinski definition) is 5. The van der Waals surface area contributed by atoms with Crippen molar-refractivity contribution in [2.45, 2.75) is 26.2 Å². The van der Waals surface area contributed by atoms with E-state index in [0.717, 1.165) is 19.3 Å². The third-order valence-corrected chi connectivity index (χ3v) is 6.83. The Labute approximate surface area is 201 Å². The minimum Gasteiger partial charge on any atom is -0.452 e. The Morgan fingerprint density at radius 3 is 2.39 bits per heavy atom. The zero-order chi connectivity index (χ0) is 23.7. The fourth-order valence-corrected chi connectivity index (χ4v) is 4.67. The first-order chi connectivity index (χ1) is 15.7. The molecule has 1 N–H and O–H groups in total. The summed E-state index contributed by atoms with van der Waals surface area (Å²) in [4.78, 5) is 51.2. The van der Waals surface area contributed by atoms with Crippen molar-refractivity contribution in [2.75, 3.05) is 16.8 Å². The number of benzene rings is 2. The van der Waals surface area contributed by atoms with E-state index in [-0.39, 0.29) is 34.2 Å². The first-order valence-electron chi connectivity index (χ1n) is 10.6. The van der Waals surface area contributed by atoms with Crippen LogP contribution in [-0.4, -0.2) is 30.3 Å². The quantitative estimate of drug-likeness (QED) is 0.485. The number of amides is 3. The average molecular weight is 489 g/mol. The number of anilines is 2. The van der Waals surface area contributed by atoms with Crippen LogP contribution in [0.5, 0.6) is 0 Å². The van der Waals surface area contributed by atoms with E-state index < -0.39 is 18.5 Å². The van der Waals surface area contributed by atoms with Gasteiger partial charge in [-0.1, -0.05) is 30.1 Å². The van der Waals surface area contributed by atoms with Gasteiger partial charge >= 0.3 is 5.97 Å². The molecule has 0 spiro atoms. The van der Waals surface area contributed by atoms with Gasteiger partial charge in [0.05, 0.1) is 33.1 Å². The van der Waals surface area contributed by atoms with Crippen LogP contribution in [0.2, 0.25) is 10.0 Å². The lowest BCUT2D eigenvalue weighted by Crippen LogP contribution is -2.30. The molecule has 1 aliphatic heterocycles. The summed E-state index contributed by atoms with van der Waals surface area (Å²) < 4.78 is 5.06. The molecular weight excluding hydrogens is 467 g/mol. The van der Waals surface area contributed by atoms with E-state index in [4.69, 9.17) is 27.9 Å². The third-order valence-electron chi connectivity index (χ3n) is 6.09. The fraction of sp³-hybridized carbons (Fsp3) is 0.333. The summed E-state index contributed by atoms with van der Waals surface area (Å²) >= 11 is 11.7. The summed E-state index contributed by atoms with van der Waals surface area (Å²) in [6.07, 6.45) is 2.39. The molecule has 7 nitrogen and oxygen atoms in total. The number of rotatable bonds is 5. The lowest BCUT2D eigenvalue weighted by Gasteiger charge is -2.25. The lowest BCUT2D eigenvalue weighted by molar-refractivity contribution is -0.122. The molecule has 1 aliphatic carbocycles. The average Bonchev–Trinajstić information content (AvgIpc) is 3.04. The van der Waals surface area contributed by atoms with E-state index >= 15 is 0 Å². The Bertz CT molecular complexity index is 1120. The van der Waals surface area contributed by atoms with Gasteiger partial charge in [0.15, 0.2) is 6.61 Å². The Morgan fingerprint density at radius 1 is 1.00 bits per heavy atom. The summed E-state index contributed by atoms with van der Waals surface area (Å²) in [7, 11) is 0. The van der Waals surface area contributed by atoms with Gasteiger partial charge in [-0.3, -0.25) is 19.3 Å². The fourth-order valence-electron chi connectivity index (χ4n) is 4.38. The van der Waals surface area contributed by atoms with E-state index in [9.17, 15) is 19.2 Å². The SMILES string of the molecule is C[C@@H]1CC[C@@H]2C(=O)N(c3ccc(C(=O)OCC(=O)Nc4ccc(Cl)c(Cl)c4)cc3)C(=O)[C@@H]2C1. The van der Waals surface area contributed by atoms with Gasteiger partial charge < -0.3 is 10.1 Å². The van der Waals surface area contributed by atoms with E-state index in [1.54, 1.807) is 24.3 Å². The second-order valence-corrected chi connectivity index (χ2v) is 9.26. The number of nitrogens with zero attached hydrogens (tertiary/aromatic N) is 1. The Morgan fingerprint density at radius 2 is 1.70 bits per heavy atom. The van der Waals surface area contributed by atoms with Gasteiger partial charge in [-0.05, 0) is 67.6 Å². The van der Waals surface area contributed by atoms with Crippen molar-refractivity contribution in [1.29, 1.82) is 0 Å². The molecule has 3 amide bonds. The van der Waals surface area contributed by atoms with Gasteiger partial charge in [0.25, 0.3) is 5.91 Å². The molecule has 1 heterocycles. The van der Waals surface area contributed by atoms with Crippen molar-refractivity contribution in [3.8, 4) is 0 Å². The molecule has 0 unspecified atom stereocenters. The molecule has 172 valence electrons. The number of carbonyl (C=O) groups is 4. The van der Waals surface area contributed by atoms with Crippen molar-refractivity contribution in [3.05, 3.63) is 58.1 Å². The molecular formula is C24H22Cl2N2O5. The summed E-state index contributed by atoms with van der Waals surface area (Å²) in [5.74, 6) is -1.69. The number of nitrogens with one attached hydrogen (secondary N) is 1. The van der Waals surface area contributed by atoms with E-state index in [1.165, 1.54) is 23.1 Å². The Kier molecular flexibility index (Phi) is 6.72. The molecule has 1 saturated heterocycles. The molecule has 4 rings (SSSR count). The van der Waals surface area contributed by atoms with Gasteiger partial charge in [-0.25, -0.2) is 4.79 Å². The number of fused-ring (bicyclic) bond motifs is 1. The summed E-state index contributed by atoms with van der Waals surface area (Å²) in [5.41, 5.74) is 1.05. The molecule has 3 atom stereocenters. The van der Waals surface area contributed by atoms with Crippen LogP contribution >= 0.6 is 23.2 Å². The van der Waals surface area contributed by atoms with E-state index in [0.29, 0.717) is 22.3 Å². The summed E-state index contributed by atoms with van der Waals surface area (Å²) in [6.45, 7) is 1.60. The standard InChI is InChI=1S/C24H22Cl2N2O5/c1-13-2-8-17-18(10-13)23(31)28(22(17)30)16-6-3-14(4-7-16)24(32)33-12-21(29)27-15-5-9-19(25)20(26)11-15/h3-7,9,11,13,17-18H,2,8,10,12H2,1H3,(H,27,29)/t13-,17+,18-/m1/s1. The molecule has 1 saturated carbocycles. The first kappa shape index (κ1) is 23.3. The molecule has 2 fully saturated rings. The zero-order valence-corrected chi connectivity index (χ0v) is 19.4. The van der Waals surface area contributed by atoms with E-state index in [2.05, 4.69) is 12.2 Å². The van der Waals surface area contributed by atoms with Crippen LogP contribution in [0.1, 0.15) is 36.5 Å². The molecule has 2 aromatic rings. The highest BCUT2D eigenvalue weighted by molar-refractivity contribution is 6.42. The van der Waals surface area contributed by atoms with Crippen molar-refractivity contribution in [2.24, 2.45) is 17.8 Å². The van der Waals surface area contributed by atoms with Gasteiger partial charge in [0.2, 0.25) is 11.8 Å². The highest BCUT2D eigenvalue weighted by Crippen LogP contribution is 2.42. The normalized spacial score (nSPS) is 22.2. The van der Waals surface area contributed by atoms with Crippen molar-refractivity contribution in [1.82, 2.24) is 0 Å². The van der Waals surface area contributed by atoms with Gasteiger partial charge in [0.1, 0.15) is 0 Å². The molecule has 2 aliphatic rings. The number of imide groups is 1. The minimum absolute atomic E-state index is 0.175. The van der Waals surface area contributed by atoms with Crippen LogP contribution < -0.4 is 10.2 Å². The first-order valence-corrected chi connectivity index (χ1v) is 11.4. The largest absolute Gasteiger partial charge is 0.452 e. The molecule has 0 aromatic heterocycles. The Hall–Kier alpha value is -2.90. The maximum atomic E-state index is 12.8. The third kappa shape index (κ3) is 4.89. The Balaban J connectivity index is 1.35. The van der Waals surface area contributed by atoms with Crippen molar-refractivity contribution in [3.63, 3.8) is 0 Å². The number of ether oxygens (including phenoxy) is 1. The maximum absolute atomic E-state index is 12.8. The topological polar surface area (TPSA) is 92.8 Å². The van der Waals surface area contributed by atoms with Crippen molar-refractivity contribution >= 4 is 58.3 Å². The van der Waals surface area contributed by atoms with Crippen molar-refractivity contribution < 1.29 is 23.9 Å². The van der Waals surface area contributed by atoms with Gasteiger partial charge in [0, 0.05) is 5.69 Å². The second-order valence-electron chi connectivity index (χ2n) is 8.44. The summed E-state index contributed by atoms with van der Waals surface area (Å²) in [5, 5.41) is 3.20. The number of esters is 1. The number of halogens is 2. The van der Waals surface area contributed by atoms with Crippen LogP contribution in [0.15, 0.2) is 42.5 Å². The number of carbonyl (C=O) groups excluding carboxylic acids is 4. The smallest absolute Gasteiger partial charge is 0.338 e. The molecule has 0 radical (unpaired) electrons. The zero-order valence-electron chi connectivity index (χ0n) is 17.8. The maximum Gasteiger partial charge on any atom is 0.338 e. The van der Waals surface area contributed by atoms with Gasteiger partial charge in [-0.15, -0.1) is 0 Å². The summed E-state index contributed by atoms with van der Waals surface area (Å²) in [6, 6.07) is 10.6. The van der Waals surface area contributed by atoms with Crippen LogP contribution in [-0.2, 0) is 19.1 Å². The van der Waals surface area contributed by atoms with Crippen LogP contribution in [0.3, 0.4) is 0 Å². The molecule has 33 heavy (non-hydrogen) atoms. The highest BCUT2D eigenvalue weighted by atomic mass is 35.5. The predicted molar refractivity (Wildman–Crippen MR) is 124 cm³/mol.